The third kappa shape index (κ3) is 17.2. The molecule has 0 bridgehead atoms. The van der Waals surface area contributed by atoms with Crippen LogP contribution in [-0.2, 0) is 54.5 Å². The highest BCUT2D eigenvalue weighted by Gasteiger charge is 2.31. The van der Waals surface area contributed by atoms with Crippen LogP contribution in [0.15, 0.2) is 149 Å². The molecule has 68 heavy (non-hydrogen) atoms. The van der Waals surface area contributed by atoms with E-state index in [1.165, 1.54) is 11.1 Å². The summed E-state index contributed by atoms with van der Waals surface area (Å²) in [5.74, 6) is 0. The molecule has 1 atom stereocenters. The van der Waals surface area contributed by atoms with Crippen molar-refractivity contribution in [2.45, 2.75) is 117 Å². The average molecular weight is 994 g/mol. The molecule has 3 N–H and O–H groups in total. The quantitative estimate of drug-likeness (QED) is 0.0642. The van der Waals surface area contributed by atoms with Gasteiger partial charge in [0.1, 0.15) is 0 Å². The van der Waals surface area contributed by atoms with Gasteiger partial charge in [-0.1, -0.05) is 149 Å². The highest BCUT2D eigenvalue weighted by Crippen LogP contribution is 2.36. The summed E-state index contributed by atoms with van der Waals surface area (Å²) >= 11 is 0. The Bertz CT molecular complexity index is 2400. The second-order valence-electron chi connectivity index (χ2n) is 18.8. The summed E-state index contributed by atoms with van der Waals surface area (Å²) in [5, 5.41) is 27.4. The van der Waals surface area contributed by atoms with Crippen LogP contribution in [0.3, 0.4) is 0 Å². The largest absolute Gasteiger partial charge is 0.396 e. The molecule has 0 spiro atoms. The zero-order valence-electron chi connectivity index (χ0n) is 40.5. The number of hydrogen-bond donors (Lipinski definition) is 3. The Morgan fingerprint density at radius 3 is 1.26 bits per heavy atom. The summed E-state index contributed by atoms with van der Waals surface area (Å²) < 4.78 is 62.7. The van der Waals surface area contributed by atoms with E-state index >= 15 is 0 Å². The van der Waals surface area contributed by atoms with Crippen molar-refractivity contribution in [3.63, 3.8) is 0 Å². The maximum atomic E-state index is 12.3. The van der Waals surface area contributed by atoms with Crippen LogP contribution in [0.2, 0.25) is 0 Å². The summed E-state index contributed by atoms with van der Waals surface area (Å²) in [5.41, 5.74) is 5.82. The third-order valence-electron chi connectivity index (χ3n) is 13.6. The topological polar surface area (TPSA) is 157 Å². The normalized spacial score (nSPS) is 16.5. The molecular weight excluding hydrogens is 920 g/mol. The fourth-order valence-electron chi connectivity index (χ4n) is 8.48. The summed E-state index contributed by atoms with van der Waals surface area (Å²) in [6, 6.07) is 44.0. The van der Waals surface area contributed by atoms with E-state index in [9.17, 15) is 21.9 Å². The maximum Gasteiger partial charge on any atom is 0.296 e. The molecule has 0 saturated carbocycles. The van der Waals surface area contributed by atoms with Gasteiger partial charge in [0, 0.05) is 56.9 Å². The molecule has 10 nitrogen and oxygen atoms in total. The highest BCUT2D eigenvalue weighted by molar-refractivity contribution is 8.13. The van der Waals surface area contributed by atoms with Gasteiger partial charge in [0.25, 0.3) is 19.2 Å². The zero-order valence-corrected chi connectivity index (χ0v) is 42.9. The van der Waals surface area contributed by atoms with Gasteiger partial charge in [-0.15, -0.1) is 0 Å². The third-order valence-corrected chi connectivity index (χ3v) is 16.3. The lowest BCUT2D eigenvalue weighted by Crippen LogP contribution is -2.30. The van der Waals surface area contributed by atoms with E-state index in [4.69, 9.17) is 34.6 Å². The lowest BCUT2D eigenvalue weighted by atomic mass is 9.76. The minimum Gasteiger partial charge on any atom is -0.396 e. The van der Waals surface area contributed by atoms with Crippen molar-refractivity contribution in [1.82, 2.24) is 0 Å². The van der Waals surface area contributed by atoms with Crippen LogP contribution < -0.4 is 0 Å². The van der Waals surface area contributed by atoms with Crippen molar-refractivity contribution in [2.24, 2.45) is 0 Å². The Kier molecular flexibility index (Phi) is 22.4. The number of hydrogen-bond acceptors (Lipinski definition) is 10. The van der Waals surface area contributed by atoms with Gasteiger partial charge in [-0.25, -0.2) is 8.42 Å². The Labute approximate surface area is 411 Å². The molecule has 1 unspecified atom stereocenters. The first-order valence-electron chi connectivity index (χ1n) is 23.5. The Morgan fingerprint density at radius 1 is 0.529 bits per heavy atom. The maximum absolute atomic E-state index is 12.3. The summed E-state index contributed by atoms with van der Waals surface area (Å²) in [4.78, 5) is 0.315. The van der Waals surface area contributed by atoms with Crippen molar-refractivity contribution in [1.29, 1.82) is 0 Å². The van der Waals surface area contributed by atoms with E-state index in [1.807, 2.05) is 86.6 Å². The van der Waals surface area contributed by atoms with E-state index < -0.39 is 19.2 Å². The average Bonchev–Trinajstić information content (AvgIpc) is 3.34. The second-order valence-corrected chi connectivity index (χ2v) is 23.0. The molecule has 372 valence electrons. The number of aliphatic hydroxyl groups is 3. The molecule has 5 aromatic rings. The fourth-order valence-corrected chi connectivity index (χ4v) is 10.2. The lowest BCUT2D eigenvalue weighted by Gasteiger charge is -2.34. The van der Waals surface area contributed by atoms with Crippen LogP contribution in [0.4, 0.5) is 0 Å². The van der Waals surface area contributed by atoms with Gasteiger partial charge in [-0.05, 0) is 126 Å². The molecule has 5 aromatic carbocycles. The van der Waals surface area contributed by atoms with Gasteiger partial charge in [0.2, 0.25) is 0 Å². The SMILES string of the molecule is CC(CCO)(CCO)c1ccccc1.CC1(c2ccc(S(=O)(=O)Cl)cc2)CCOCC1.CC1(c2ccccc2)CCOCC1.Cc1ccc(S(=O)(=O)OCCC(C)(CCO)c2ccccc2)cc1. The molecule has 7 rings (SSSR count). The molecule has 0 aromatic heterocycles. The van der Waals surface area contributed by atoms with E-state index in [-0.39, 0.29) is 52.5 Å². The number of ether oxygens (including phenoxy) is 2. The molecule has 2 heterocycles. The van der Waals surface area contributed by atoms with E-state index in [0.717, 1.165) is 68.8 Å². The van der Waals surface area contributed by atoms with Crippen LogP contribution >= 0.6 is 10.7 Å². The molecule has 2 fully saturated rings. The number of aryl methyl sites for hydroxylation is 1. The molecule has 2 aliphatic heterocycles. The first-order valence-corrected chi connectivity index (χ1v) is 27.2. The predicted molar refractivity (Wildman–Crippen MR) is 272 cm³/mol. The van der Waals surface area contributed by atoms with Gasteiger partial charge in [0.15, 0.2) is 0 Å². The molecule has 13 heteroatoms. The van der Waals surface area contributed by atoms with Crippen molar-refractivity contribution < 1.29 is 45.8 Å². The Balaban J connectivity index is 0.000000204. The molecule has 0 radical (unpaired) electrons. The molecule has 2 saturated heterocycles. The summed E-state index contributed by atoms with van der Waals surface area (Å²) in [7, 11) is -2.10. The summed E-state index contributed by atoms with van der Waals surface area (Å²) in [6.45, 7) is 14.3. The minimum absolute atomic E-state index is 0.0378. The van der Waals surface area contributed by atoms with Crippen LogP contribution in [-0.4, -0.2) is 85.0 Å². The fraction of sp³-hybridized carbons (Fsp3) is 0.455. The second kappa shape index (κ2) is 26.9. The summed E-state index contributed by atoms with van der Waals surface area (Å²) in [6.07, 6.45) is 6.65. The first-order chi connectivity index (χ1) is 32.3. The van der Waals surface area contributed by atoms with Crippen molar-refractivity contribution in [2.75, 3.05) is 52.9 Å². The van der Waals surface area contributed by atoms with E-state index in [2.05, 4.69) is 51.1 Å². The van der Waals surface area contributed by atoms with E-state index in [0.29, 0.717) is 31.1 Å². The molecule has 0 aliphatic carbocycles. The lowest BCUT2D eigenvalue weighted by molar-refractivity contribution is 0.0563. The van der Waals surface area contributed by atoms with Crippen molar-refractivity contribution in [3.05, 3.63) is 167 Å². The number of halogens is 1. The van der Waals surface area contributed by atoms with Gasteiger partial charge >= 0.3 is 0 Å². The van der Waals surface area contributed by atoms with Crippen LogP contribution in [0, 0.1) is 6.92 Å². The van der Waals surface area contributed by atoms with Gasteiger partial charge in [-0.3, -0.25) is 4.18 Å². The van der Waals surface area contributed by atoms with Crippen molar-refractivity contribution >= 4 is 29.9 Å². The monoisotopic (exact) mass is 992 g/mol. The number of aliphatic hydroxyl groups excluding tert-OH is 3. The zero-order chi connectivity index (χ0) is 49.7. The van der Waals surface area contributed by atoms with Crippen molar-refractivity contribution in [3.8, 4) is 0 Å². The molecular formula is C55H73ClO10S2. The first kappa shape index (κ1) is 56.6. The van der Waals surface area contributed by atoms with Crippen LogP contribution in [0.5, 0.6) is 0 Å². The highest BCUT2D eigenvalue weighted by atomic mass is 35.7. The standard InChI is InChI=1S/C19H24O4S.C12H15ClO3S.C12H18O2.C12H16O/c1-16-8-10-18(11-9-16)24(21,22)23-15-13-19(2,12-14-20)17-6-4-3-5-7-17;1-12(6-8-16-9-7-12)10-2-4-11(5-3-10)17(13,14)15;1-12(7-9-13,8-10-14)11-5-3-2-4-6-11;1-12(7-9-13-10-8-12)11-5-3-2-4-6-11/h3-11,20H,12-15H2,1-2H3;2-5H,6-9H2,1H3;2-6,13-14H,7-10H2,1H3;2-6H,7-10H2,1H3. The smallest absolute Gasteiger partial charge is 0.296 e. The van der Waals surface area contributed by atoms with Gasteiger partial charge < -0.3 is 24.8 Å². The van der Waals surface area contributed by atoms with Gasteiger partial charge in [0.05, 0.1) is 16.4 Å². The Morgan fingerprint density at radius 2 is 0.882 bits per heavy atom. The van der Waals surface area contributed by atoms with Crippen LogP contribution in [0.1, 0.15) is 107 Å². The predicted octanol–water partition coefficient (Wildman–Crippen LogP) is 10.6. The number of benzene rings is 5. The molecule has 2 aliphatic rings. The van der Waals surface area contributed by atoms with E-state index in [1.54, 1.807) is 36.4 Å². The number of rotatable bonds is 16. The van der Waals surface area contributed by atoms with Crippen LogP contribution in [0.25, 0.3) is 0 Å². The molecule has 0 amide bonds. The van der Waals surface area contributed by atoms with Gasteiger partial charge in [-0.2, -0.15) is 8.42 Å². The minimum atomic E-state index is -3.76. The Hall–Kier alpha value is -3.95.